The van der Waals surface area contributed by atoms with Gasteiger partial charge in [-0.2, -0.15) is 0 Å². The first-order valence-electron chi connectivity index (χ1n) is 6.27. The Kier molecular flexibility index (Phi) is 4.92. The number of nitrogens with zero attached hydrogens (tertiary/aromatic N) is 1. The van der Waals surface area contributed by atoms with E-state index in [4.69, 9.17) is 16.3 Å². The number of carbonyl (C=O) groups excluding carboxylic acids is 2. The van der Waals surface area contributed by atoms with Gasteiger partial charge in [-0.3, -0.25) is 10.1 Å². The molecule has 0 amide bonds. The van der Waals surface area contributed by atoms with E-state index >= 15 is 0 Å². The molecule has 0 heterocycles. The number of hydrogen-bond acceptors (Lipinski definition) is 6. The van der Waals surface area contributed by atoms with E-state index in [1.165, 1.54) is 43.5 Å². The third-order valence-electron chi connectivity index (χ3n) is 2.86. The monoisotopic (exact) mass is 335 g/mol. The molecule has 0 aliphatic carbocycles. The normalized spacial score (nSPS) is 10.0. The average Bonchev–Trinajstić information content (AvgIpc) is 2.54. The predicted octanol–water partition coefficient (Wildman–Crippen LogP) is 3.25. The Hall–Kier alpha value is -2.93. The summed E-state index contributed by atoms with van der Waals surface area (Å²) >= 11 is 5.69. The van der Waals surface area contributed by atoms with Crippen molar-refractivity contribution in [3.8, 4) is 5.75 Å². The van der Waals surface area contributed by atoms with Gasteiger partial charge in [0.15, 0.2) is 0 Å². The van der Waals surface area contributed by atoms with Crippen molar-refractivity contribution in [3.63, 3.8) is 0 Å². The minimum absolute atomic E-state index is 0.131. The third-order valence-corrected chi connectivity index (χ3v) is 3.10. The largest absolute Gasteiger partial charge is 0.465 e. The van der Waals surface area contributed by atoms with Crippen LogP contribution in [0.1, 0.15) is 20.7 Å². The van der Waals surface area contributed by atoms with Crippen molar-refractivity contribution in [1.29, 1.82) is 0 Å². The molecule has 0 bridgehead atoms. The summed E-state index contributed by atoms with van der Waals surface area (Å²) < 4.78 is 9.61. The van der Waals surface area contributed by atoms with Crippen molar-refractivity contribution in [2.75, 3.05) is 7.11 Å². The van der Waals surface area contributed by atoms with Crippen LogP contribution in [-0.4, -0.2) is 24.0 Å². The number of nitro groups is 1. The van der Waals surface area contributed by atoms with E-state index in [-0.39, 0.29) is 21.9 Å². The number of nitro benzene ring substituents is 1. The Morgan fingerprint density at radius 2 is 1.74 bits per heavy atom. The van der Waals surface area contributed by atoms with E-state index in [0.717, 1.165) is 6.07 Å². The van der Waals surface area contributed by atoms with Crippen LogP contribution in [0.25, 0.3) is 0 Å². The lowest BCUT2D eigenvalue weighted by molar-refractivity contribution is -0.385. The molecular weight excluding hydrogens is 326 g/mol. The second-order valence-electron chi connectivity index (χ2n) is 4.32. The summed E-state index contributed by atoms with van der Waals surface area (Å²) in [5, 5.41) is 11.1. The van der Waals surface area contributed by atoms with Gasteiger partial charge in [0.05, 0.1) is 17.6 Å². The first kappa shape index (κ1) is 16.4. The summed E-state index contributed by atoms with van der Waals surface area (Å²) in [5.41, 5.74) is -0.394. The molecule has 8 heteroatoms. The molecule has 0 aliphatic rings. The smallest absolute Gasteiger partial charge is 0.350 e. The van der Waals surface area contributed by atoms with Gasteiger partial charge < -0.3 is 9.47 Å². The topological polar surface area (TPSA) is 95.7 Å². The molecule has 0 atom stereocenters. The maximum atomic E-state index is 12.1. The maximum absolute atomic E-state index is 12.1. The fraction of sp³-hybridized carbons (Fsp3) is 0.0667. The molecule has 0 aliphatic heterocycles. The maximum Gasteiger partial charge on any atom is 0.350 e. The first-order valence-corrected chi connectivity index (χ1v) is 6.64. The van der Waals surface area contributed by atoms with Crippen LogP contribution in [-0.2, 0) is 4.74 Å². The fourth-order valence-corrected chi connectivity index (χ4v) is 1.93. The number of ether oxygens (including phenoxy) is 2. The molecule has 0 unspecified atom stereocenters. The number of hydrogen-bond donors (Lipinski definition) is 0. The zero-order valence-corrected chi connectivity index (χ0v) is 12.6. The molecule has 0 N–H and O–H groups in total. The van der Waals surface area contributed by atoms with Crippen LogP contribution in [0.5, 0.6) is 5.75 Å². The van der Waals surface area contributed by atoms with Gasteiger partial charge in [0.25, 0.3) is 5.69 Å². The van der Waals surface area contributed by atoms with Crippen molar-refractivity contribution in [3.05, 3.63) is 68.7 Å². The van der Waals surface area contributed by atoms with Gasteiger partial charge in [0, 0.05) is 11.1 Å². The molecular formula is C15H10ClNO6. The molecule has 0 saturated heterocycles. The highest BCUT2D eigenvalue weighted by atomic mass is 35.5. The van der Waals surface area contributed by atoms with Gasteiger partial charge in [-0.05, 0) is 36.4 Å². The summed E-state index contributed by atoms with van der Waals surface area (Å²) in [6.07, 6.45) is 0. The lowest BCUT2D eigenvalue weighted by Gasteiger charge is -2.06. The second-order valence-corrected chi connectivity index (χ2v) is 4.76. The Labute approximate surface area is 135 Å². The van der Waals surface area contributed by atoms with Gasteiger partial charge in [-0.1, -0.05) is 11.6 Å². The minimum atomic E-state index is -0.904. The predicted molar refractivity (Wildman–Crippen MR) is 80.8 cm³/mol. The molecule has 2 aromatic carbocycles. The summed E-state index contributed by atoms with van der Waals surface area (Å²) in [4.78, 5) is 33.6. The molecule has 23 heavy (non-hydrogen) atoms. The van der Waals surface area contributed by atoms with Crippen LogP contribution in [0.4, 0.5) is 5.69 Å². The molecule has 0 fully saturated rings. The van der Waals surface area contributed by atoms with Crippen molar-refractivity contribution in [2.45, 2.75) is 0 Å². The fourth-order valence-electron chi connectivity index (χ4n) is 1.77. The number of rotatable bonds is 4. The van der Waals surface area contributed by atoms with Gasteiger partial charge in [0.1, 0.15) is 11.3 Å². The lowest BCUT2D eigenvalue weighted by Crippen LogP contribution is -2.11. The lowest BCUT2D eigenvalue weighted by atomic mass is 10.2. The molecule has 118 valence electrons. The van der Waals surface area contributed by atoms with E-state index < -0.39 is 22.5 Å². The molecule has 7 nitrogen and oxygen atoms in total. The van der Waals surface area contributed by atoms with Crippen LogP contribution < -0.4 is 4.74 Å². The van der Waals surface area contributed by atoms with Crippen LogP contribution >= 0.6 is 11.6 Å². The number of carbonyl (C=O) groups is 2. The van der Waals surface area contributed by atoms with Crippen molar-refractivity contribution >= 4 is 29.2 Å². The molecule has 0 spiro atoms. The number of esters is 2. The summed E-state index contributed by atoms with van der Waals surface area (Å²) in [6, 6.07) is 9.21. The van der Waals surface area contributed by atoms with E-state index in [0.29, 0.717) is 0 Å². The standard InChI is InChI=1S/C15H10ClNO6/c1-22-14(18)9-2-5-11(6-3-9)23-15(19)12-7-4-10(16)8-13(12)17(20)21/h2-8H,1H3. The Balaban J connectivity index is 2.22. The van der Waals surface area contributed by atoms with Crippen LogP contribution in [0.3, 0.4) is 0 Å². The second kappa shape index (κ2) is 6.89. The highest BCUT2D eigenvalue weighted by Gasteiger charge is 2.22. The number of methoxy groups -OCH3 is 1. The minimum Gasteiger partial charge on any atom is -0.465 e. The molecule has 2 aromatic rings. The van der Waals surface area contributed by atoms with Gasteiger partial charge in [-0.25, -0.2) is 9.59 Å². The summed E-state index contributed by atoms with van der Waals surface area (Å²) in [7, 11) is 1.25. The van der Waals surface area contributed by atoms with E-state index in [1.807, 2.05) is 0 Å². The van der Waals surface area contributed by atoms with Crippen molar-refractivity contribution in [2.24, 2.45) is 0 Å². The SMILES string of the molecule is COC(=O)c1ccc(OC(=O)c2ccc(Cl)cc2[N+](=O)[O-])cc1. The zero-order valence-electron chi connectivity index (χ0n) is 11.8. The Morgan fingerprint density at radius 3 is 2.30 bits per heavy atom. The average molecular weight is 336 g/mol. The first-order chi connectivity index (χ1) is 10.9. The summed E-state index contributed by atoms with van der Waals surface area (Å²) in [6.45, 7) is 0. The van der Waals surface area contributed by atoms with E-state index in [9.17, 15) is 19.7 Å². The highest BCUT2D eigenvalue weighted by Crippen LogP contribution is 2.25. The van der Waals surface area contributed by atoms with Crippen LogP contribution in [0, 0.1) is 10.1 Å². The molecule has 0 aromatic heterocycles. The summed E-state index contributed by atoms with van der Waals surface area (Å²) in [5.74, 6) is -1.30. The quantitative estimate of drug-likeness (QED) is 0.368. The zero-order chi connectivity index (χ0) is 17.0. The van der Waals surface area contributed by atoms with Gasteiger partial charge >= 0.3 is 11.9 Å². The van der Waals surface area contributed by atoms with Gasteiger partial charge in [0.2, 0.25) is 0 Å². The van der Waals surface area contributed by atoms with E-state index in [1.54, 1.807) is 0 Å². The Morgan fingerprint density at radius 1 is 1.09 bits per heavy atom. The van der Waals surface area contributed by atoms with E-state index in [2.05, 4.69) is 4.74 Å². The molecule has 0 saturated carbocycles. The van der Waals surface area contributed by atoms with Crippen molar-refractivity contribution < 1.29 is 24.0 Å². The third kappa shape index (κ3) is 3.83. The van der Waals surface area contributed by atoms with Gasteiger partial charge in [-0.15, -0.1) is 0 Å². The van der Waals surface area contributed by atoms with Crippen LogP contribution in [0.15, 0.2) is 42.5 Å². The van der Waals surface area contributed by atoms with Crippen LogP contribution in [0.2, 0.25) is 5.02 Å². The molecule has 0 radical (unpaired) electrons. The Bertz CT molecular complexity index is 772. The number of halogens is 1. The molecule has 2 rings (SSSR count). The van der Waals surface area contributed by atoms with Crippen molar-refractivity contribution in [1.82, 2.24) is 0 Å². The highest BCUT2D eigenvalue weighted by molar-refractivity contribution is 6.31. The number of benzene rings is 2.